The molecular weight excluding hydrogens is 298 g/mol. The summed E-state index contributed by atoms with van der Waals surface area (Å²) >= 11 is 0. The molecule has 0 aliphatic rings. The smallest absolute Gasteiger partial charge is 0.256 e. The number of hydrogen-bond donors (Lipinski definition) is 1. The van der Waals surface area contributed by atoms with Gasteiger partial charge in [0.25, 0.3) is 5.91 Å². The Kier molecular flexibility index (Phi) is 4.26. The Labute approximate surface area is 140 Å². The molecule has 0 aliphatic heterocycles. The number of fused-ring (bicyclic) bond motifs is 1. The minimum absolute atomic E-state index is 0.180. The zero-order valence-electron chi connectivity index (χ0n) is 13.6. The molecule has 118 valence electrons. The standard InChI is InChI=1S/C20H17N3O/c1-13(2)19-11-17(16-5-3-4-6-18(16)23-19)20(24)22-15-9-7-14(12-21)8-10-15/h3-11,13H,1-2H3,(H,22,24). The van der Waals surface area contributed by atoms with Gasteiger partial charge in [0, 0.05) is 16.8 Å². The molecule has 3 aromatic rings. The number of rotatable bonds is 3. The van der Waals surface area contributed by atoms with Crippen LogP contribution in [0.25, 0.3) is 10.9 Å². The molecule has 0 radical (unpaired) electrons. The van der Waals surface area contributed by atoms with Gasteiger partial charge in [-0.25, -0.2) is 0 Å². The summed E-state index contributed by atoms with van der Waals surface area (Å²) in [5, 5.41) is 12.6. The van der Waals surface area contributed by atoms with E-state index in [0.717, 1.165) is 16.6 Å². The number of nitrogens with one attached hydrogen (secondary N) is 1. The Balaban J connectivity index is 2.00. The predicted molar refractivity (Wildman–Crippen MR) is 94.9 cm³/mol. The van der Waals surface area contributed by atoms with Crippen molar-refractivity contribution >= 4 is 22.5 Å². The van der Waals surface area contributed by atoms with Gasteiger partial charge in [0.15, 0.2) is 0 Å². The molecule has 0 spiro atoms. The monoisotopic (exact) mass is 315 g/mol. The number of amides is 1. The molecule has 1 heterocycles. The maximum atomic E-state index is 12.8. The number of benzene rings is 2. The van der Waals surface area contributed by atoms with E-state index in [4.69, 9.17) is 5.26 Å². The van der Waals surface area contributed by atoms with Crippen molar-refractivity contribution in [2.45, 2.75) is 19.8 Å². The summed E-state index contributed by atoms with van der Waals surface area (Å²) in [5.74, 6) is 0.0521. The van der Waals surface area contributed by atoms with Gasteiger partial charge in [-0.3, -0.25) is 9.78 Å². The fourth-order valence-electron chi connectivity index (χ4n) is 2.51. The average molecular weight is 315 g/mol. The molecule has 0 bridgehead atoms. The first-order valence-electron chi connectivity index (χ1n) is 7.79. The molecule has 0 saturated carbocycles. The molecule has 4 nitrogen and oxygen atoms in total. The number of pyridine rings is 1. The van der Waals surface area contributed by atoms with Crippen LogP contribution in [-0.2, 0) is 0 Å². The summed E-state index contributed by atoms with van der Waals surface area (Å²) in [6, 6.07) is 18.4. The molecule has 0 saturated heterocycles. The number of nitriles is 1. The molecule has 3 rings (SSSR count). The topological polar surface area (TPSA) is 65.8 Å². The summed E-state index contributed by atoms with van der Waals surface area (Å²) in [5.41, 5.74) is 3.52. The molecule has 0 fully saturated rings. The lowest BCUT2D eigenvalue weighted by atomic mass is 10.0. The third kappa shape index (κ3) is 3.11. The highest BCUT2D eigenvalue weighted by Crippen LogP contribution is 2.23. The van der Waals surface area contributed by atoms with E-state index in [2.05, 4.69) is 30.2 Å². The van der Waals surface area contributed by atoms with Gasteiger partial charge in [-0.15, -0.1) is 0 Å². The van der Waals surface area contributed by atoms with Crippen LogP contribution in [0.1, 0.15) is 41.4 Å². The Bertz CT molecular complexity index is 937. The van der Waals surface area contributed by atoms with Gasteiger partial charge < -0.3 is 5.32 Å². The lowest BCUT2D eigenvalue weighted by Crippen LogP contribution is -2.13. The molecule has 1 amide bonds. The number of para-hydroxylation sites is 1. The Morgan fingerprint density at radius 3 is 2.50 bits per heavy atom. The third-order valence-corrected chi connectivity index (χ3v) is 3.84. The van der Waals surface area contributed by atoms with Crippen molar-refractivity contribution in [2.24, 2.45) is 0 Å². The van der Waals surface area contributed by atoms with Crippen molar-refractivity contribution in [1.82, 2.24) is 4.98 Å². The van der Waals surface area contributed by atoms with Crippen LogP contribution in [-0.4, -0.2) is 10.9 Å². The first-order chi connectivity index (χ1) is 11.6. The number of aromatic nitrogens is 1. The minimum Gasteiger partial charge on any atom is -0.322 e. The van der Waals surface area contributed by atoms with E-state index in [1.54, 1.807) is 24.3 Å². The van der Waals surface area contributed by atoms with E-state index >= 15 is 0 Å². The van der Waals surface area contributed by atoms with Gasteiger partial charge >= 0.3 is 0 Å². The fourth-order valence-corrected chi connectivity index (χ4v) is 2.51. The summed E-state index contributed by atoms with van der Waals surface area (Å²) in [7, 11) is 0. The Morgan fingerprint density at radius 2 is 1.83 bits per heavy atom. The van der Waals surface area contributed by atoms with E-state index in [1.807, 2.05) is 30.3 Å². The van der Waals surface area contributed by atoms with Crippen molar-refractivity contribution in [3.63, 3.8) is 0 Å². The number of nitrogens with zero attached hydrogens (tertiary/aromatic N) is 2. The van der Waals surface area contributed by atoms with Crippen molar-refractivity contribution in [2.75, 3.05) is 5.32 Å². The zero-order valence-corrected chi connectivity index (χ0v) is 13.6. The van der Waals surface area contributed by atoms with Gasteiger partial charge in [-0.1, -0.05) is 32.0 Å². The van der Waals surface area contributed by atoms with Crippen LogP contribution >= 0.6 is 0 Å². The Morgan fingerprint density at radius 1 is 1.12 bits per heavy atom. The average Bonchev–Trinajstić information content (AvgIpc) is 2.61. The number of carbonyl (C=O) groups is 1. The maximum absolute atomic E-state index is 12.8. The van der Waals surface area contributed by atoms with Crippen LogP contribution in [0, 0.1) is 11.3 Å². The number of anilines is 1. The van der Waals surface area contributed by atoms with Crippen LogP contribution in [0.4, 0.5) is 5.69 Å². The molecule has 0 atom stereocenters. The minimum atomic E-state index is -0.180. The van der Waals surface area contributed by atoms with Crippen LogP contribution < -0.4 is 5.32 Å². The molecule has 0 aliphatic carbocycles. The molecule has 2 aromatic carbocycles. The van der Waals surface area contributed by atoms with E-state index in [1.165, 1.54) is 0 Å². The van der Waals surface area contributed by atoms with Crippen molar-refractivity contribution in [3.05, 3.63) is 71.4 Å². The molecule has 4 heteroatoms. The number of hydrogen-bond acceptors (Lipinski definition) is 3. The highest BCUT2D eigenvalue weighted by atomic mass is 16.1. The van der Waals surface area contributed by atoms with Crippen molar-refractivity contribution in [3.8, 4) is 6.07 Å². The molecular formula is C20H17N3O. The van der Waals surface area contributed by atoms with Gasteiger partial charge in [0.1, 0.15) is 0 Å². The van der Waals surface area contributed by atoms with E-state index in [-0.39, 0.29) is 11.8 Å². The van der Waals surface area contributed by atoms with Crippen LogP contribution in [0.3, 0.4) is 0 Å². The second-order valence-corrected chi connectivity index (χ2v) is 5.91. The van der Waals surface area contributed by atoms with Crippen molar-refractivity contribution in [1.29, 1.82) is 5.26 Å². The maximum Gasteiger partial charge on any atom is 0.256 e. The predicted octanol–water partition coefficient (Wildman–Crippen LogP) is 4.48. The SMILES string of the molecule is CC(C)c1cc(C(=O)Nc2ccc(C#N)cc2)c2ccccc2n1. The second-order valence-electron chi connectivity index (χ2n) is 5.91. The van der Waals surface area contributed by atoms with Gasteiger partial charge in [0.2, 0.25) is 0 Å². The Hall–Kier alpha value is -3.19. The summed E-state index contributed by atoms with van der Waals surface area (Å²) in [6.07, 6.45) is 0. The van der Waals surface area contributed by atoms with E-state index in [0.29, 0.717) is 16.8 Å². The van der Waals surface area contributed by atoms with Crippen LogP contribution in [0.5, 0.6) is 0 Å². The molecule has 24 heavy (non-hydrogen) atoms. The summed E-state index contributed by atoms with van der Waals surface area (Å²) in [6.45, 7) is 4.11. The molecule has 1 N–H and O–H groups in total. The summed E-state index contributed by atoms with van der Waals surface area (Å²) < 4.78 is 0. The lowest BCUT2D eigenvalue weighted by Gasteiger charge is -2.12. The summed E-state index contributed by atoms with van der Waals surface area (Å²) in [4.78, 5) is 17.4. The first kappa shape index (κ1) is 15.7. The zero-order chi connectivity index (χ0) is 17.1. The second kappa shape index (κ2) is 6.51. The first-order valence-corrected chi connectivity index (χ1v) is 7.79. The fraction of sp³-hybridized carbons (Fsp3) is 0.150. The van der Waals surface area contributed by atoms with Crippen LogP contribution in [0.15, 0.2) is 54.6 Å². The molecule has 0 unspecified atom stereocenters. The largest absolute Gasteiger partial charge is 0.322 e. The normalized spacial score (nSPS) is 10.6. The van der Waals surface area contributed by atoms with Gasteiger partial charge in [-0.05, 0) is 42.3 Å². The number of carbonyl (C=O) groups excluding carboxylic acids is 1. The highest BCUT2D eigenvalue weighted by molar-refractivity contribution is 6.12. The van der Waals surface area contributed by atoms with Gasteiger partial charge in [0.05, 0.1) is 22.7 Å². The van der Waals surface area contributed by atoms with Crippen LogP contribution in [0.2, 0.25) is 0 Å². The van der Waals surface area contributed by atoms with Gasteiger partial charge in [-0.2, -0.15) is 5.26 Å². The lowest BCUT2D eigenvalue weighted by molar-refractivity contribution is 0.102. The van der Waals surface area contributed by atoms with Crippen molar-refractivity contribution < 1.29 is 4.79 Å². The third-order valence-electron chi connectivity index (χ3n) is 3.84. The highest BCUT2D eigenvalue weighted by Gasteiger charge is 2.14. The van der Waals surface area contributed by atoms with E-state index in [9.17, 15) is 4.79 Å². The quantitative estimate of drug-likeness (QED) is 0.775. The molecule has 1 aromatic heterocycles. The van der Waals surface area contributed by atoms with E-state index < -0.39 is 0 Å².